The number of carbonyl (C=O) groups is 1. The van der Waals surface area contributed by atoms with Gasteiger partial charge in [-0.15, -0.1) is 0 Å². The molecule has 0 radical (unpaired) electrons. The van der Waals surface area contributed by atoms with Crippen molar-refractivity contribution in [1.82, 2.24) is 9.38 Å². The number of pyridine rings is 1. The largest absolute Gasteiger partial charge is 0.320 e. The Hall–Kier alpha value is -2.33. The molecular formula is C17H16ClN3O. The second-order valence-corrected chi connectivity index (χ2v) is 5.83. The zero-order chi connectivity index (χ0) is 15.9. The minimum absolute atomic E-state index is 0.181. The van der Waals surface area contributed by atoms with Gasteiger partial charge in [-0.3, -0.25) is 9.20 Å². The van der Waals surface area contributed by atoms with Crippen LogP contribution in [0.3, 0.4) is 0 Å². The SMILES string of the molecule is Cc1ccn2c(C(=O)Nc3ccc(Cl)cc3C)c(C)nc2c1. The summed E-state index contributed by atoms with van der Waals surface area (Å²) in [5.41, 5.74) is 4.80. The summed E-state index contributed by atoms with van der Waals surface area (Å²) in [6.45, 7) is 5.75. The number of fused-ring (bicyclic) bond motifs is 1. The van der Waals surface area contributed by atoms with Crippen molar-refractivity contribution in [3.63, 3.8) is 0 Å². The van der Waals surface area contributed by atoms with Crippen molar-refractivity contribution >= 4 is 28.8 Å². The number of imidazole rings is 1. The van der Waals surface area contributed by atoms with Crippen LogP contribution < -0.4 is 5.32 Å². The predicted molar refractivity (Wildman–Crippen MR) is 88.8 cm³/mol. The van der Waals surface area contributed by atoms with Gasteiger partial charge in [-0.25, -0.2) is 4.98 Å². The molecule has 0 bridgehead atoms. The van der Waals surface area contributed by atoms with E-state index in [4.69, 9.17) is 11.6 Å². The first kappa shape index (κ1) is 14.6. The molecule has 4 nitrogen and oxygen atoms in total. The number of nitrogens with zero attached hydrogens (tertiary/aromatic N) is 2. The molecule has 2 aromatic heterocycles. The number of anilines is 1. The van der Waals surface area contributed by atoms with Crippen LogP contribution in [-0.4, -0.2) is 15.3 Å². The van der Waals surface area contributed by atoms with E-state index < -0.39 is 0 Å². The third kappa shape index (κ3) is 2.57. The van der Waals surface area contributed by atoms with E-state index in [1.54, 1.807) is 12.1 Å². The minimum Gasteiger partial charge on any atom is -0.320 e. The molecule has 0 aliphatic heterocycles. The van der Waals surface area contributed by atoms with Gasteiger partial charge >= 0.3 is 0 Å². The smallest absolute Gasteiger partial charge is 0.274 e. The van der Waals surface area contributed by atoms with Gasteiger partial charge in [0.05, 0.1) is 5.69 Å². The van der Waals surface area contributed by atoms with E-state index in [2.05, 4.69) is 10.3 Å². The zero-order valence-electron chi connectivity index (χ0n) is 12.6. The fourth-order valence-electron chi connectivity index (χ4n) is 2.49. The number of hydrogen-bond acceptors (Lipinski definition) is 2. The highest BCUT2D eigenvalue weighted by Gasteiger charge is 2.17. The molecule has 0 spiro atoms. The van der Waals surface area contributed by atoms with Crippen LogP contribution in [0, 0.1) is 20.8 Å². The molecule has 1 N–H and O–H groups in total. The number of hydrogen-bond donors (Lipinski definition) is 1. The summed E-state index contributed by atoms with van der Waals surface area (Å²) in [6, 6.07) is 9.30. The van der Waals surface area contributed by atoms with Gasteiger partial charge in [0.15, 0.2) is 0 Å². The molecule has 1 amide bonds. The number of halogens is 1. The molecule has 0 unspecified atom stereocenters. The van der Waals surface area contributed by atoms with Crippen LogP contribution in [-0.2, 0) is 0 Å². The molecule has 5 heteroatoms. The van der Waals surface area contributed by atoms with Crippen molar-refractivity contribution < 1.29 is 4.79 Å². The Balaban J connectivity index is 2.00. The molecule has 0 saturated carbocycles. The van der Waals surface area contributed by atoms with E-state index >= 15 is 0 Å². The molecule has 0 fully saturated rings. The summed E-state index contributed by atoms with van der Waals surface area (Å²) in [5.74, 6) is -0.181. The highest BCUT2D eigenvalue weighted by molar-refractivity contribution is 6.30. The summed E-state index contributed by atoms with van der Waals surface area (Å²) in [4.78, 5) is 17.1. The number of rotatable bonds is 2. The number of nitrogens with one attached hydrogen (secondary N) is 1. The first-order chi connectivity index (χ1) is 10.5. The highest BCUT2D eigenvalue weighted by atomic mass is 35.5. The summed E-state index contributed by atoms with van der Waals surface area (Å²) < 4.78 is 1.81. The zero-order valence-corrected chi connectivity index (χ0v) is 13.4. The molecule has 0 aliphatic rings. The van der Waals surface area contributed by atoms with Crippen molar-refractivity contribution in [3.05, 3.63) is 64.1 Å². The molecule has 1 aromatic carbocycles. The molecule has 0 aliphatic carbocycles. The average molecular weight is 314 g/mol. The second kappa shape index (κ2) is 5.46. The van der Waals surface area contributed by atoms with Crippen molar-refractivity contribution in [2.24, 2.45) is 0 Å². The molecule has 2 heterocycles. The van der Waals surface area contributed by atoms with Gasteiger partial charge in [0.25, 0.3) is 5.91 Å². The first-order valence-corrected chi connectivity index (χ1v) is 7.36. The molecule has 22 heavy (non-hydrogen) atoms. The van der Waals surface area contributed by atoms with Gasteiger partial charge in [0, 0.05) is 16.9 Å². The number of carbonyl (C=O) groups excluding carboxylic acids is 1. The number of benzene rings is 1. The van der Waals surface area contributed by atoms with Crippen molar-refractivity contribution in [2.75, 3.05) is 5.32 Å². The maximum atomic E-state index is 12.6. The van der Waals surface area contributed by atoms with Crippen LogP contribution in [0.5, 0.6) is 0 Å². The Kier molecular flexibility index (Phi) is 3.62. The van der Waals surface area contributed by atoms with Gasteiger partial charge in [-0.05, 0) is 62.2 Å². The van der Waals surface area contributed by atoms with Gasteiger partial charge in [0.2, 0.25) is 0 Å². The summed E-state index contributed by atoms with van der Waals surface area (Å²) in [5, 5.41) is 3.58. The summed E-state index contributed by atoms with van der Waals surface area (Å²) in [7, 11) is 0. The maximum absolute atomic E-state index is 12.6. The van der Waals surface area contributed by atoms with E-state index in [-0.39, 0.29) is 5.91 Å². The van der Waals surface area contributed by atoms with Crippen LogP contribution >= 0.6 is 11.6 Å². The predicted octanol–water partition coefficient (Wildman–Crippen LogP) is 4.17. The molecular weight excluding hydrogens is 298 g/mol. The van der Waals surface area contributed by atoms with Crippen LogP contribution in [0.25, 0.3) is 5.65 Å². The van der Waals surface area contributed by atoms with Gasteiger partial charge in [0.1, 0.15) is 11.3 Å². The lowest BCUT2D eigenvalue weighted by molar-refractivity contribution is 0.102. The lowest BCUT2D eigenvalue weighted by Crippen LogP contribution is -2.16. The summed E-state index contributed by atoms with van der Waals surface area (Å²) in [6.07, 6.45) is 1.87. The van der Waals surface area contributed by atoms with E-state index in [9.17, 15) is 4.79 Å². The standard InChI is InChI=1S/C17H16ClN3O/c1-10-6-7-21-15(8-10)19-12(3)16(21)17(22)20-14-5-4-13(18)9-11(14)2/h4-9H,1-3H3,(H,20,22). The van der Waals surface area contributed by atoms with E-state index in [0.29, 0.717) is 16.4 Å². The van der Waals surface area contributed by atoms with Crippen molar-refractivity contribution in [3.8, 4) is 0 Å². The lowest BCUT2D eigenvalue weighted by atomic mass is 10.2. The van der Waals surface area contributed by atoms with E-state index in [1.165, 1.54) is 0 Å². The van der Waals surface area contributed by atoms with Gasteiger partial charge in [-0.2, -0.15) is 0 Å². The fraction of sp³-hybridized carbons (Fsp3) is 0.176. The quantitative estimate of drug-likeness (QED) is 0.772. The number of aromatic nitrogens is 2. The fourth-order valence-corrected chi connectivity index (χ4v) is 2.71. The number of amides is 1. The third-order valence-electron chi connectivity index (χ3n) is 3.61. The molecule has 0 atom stereocenters. The highest BCUT2D eigenvalue weighted by Crippen LogP contribution is 2.21. The van der Waals surface area contributed by atoms with E-state index in [1.807, 2.05) is 49.6 Å². The summed E-state index contributed by atoms with van der Waals surface area (Å²) >= 11 is 5.94. The Morgan fingerprint density at radius 2 is 1.95 bits per heavy atom. The Labute approximate surface area is 133 Å². The van der Waals surface area contributed by atoms with Crippen molar-refractivity contribution in [2.45, 2.75) is 20.8 Å². The Morgan fingerprint density at radius 1 is 1.18 bits per heavy atom. The van der Waals surface area contributed by atoms with E-state index in [0.717, 1.165) is 22.5 Å². The molecule has 3 aromatic rings. The van der Waals surface area contributed by atoms with Crippen LogP contribution in [0.4, 0.5) is 5.69 Å². The number of aryl methyl sites for hydroxylation is 3. The average Bonchev–Trinajstić information content (AvgIpc) is 2.76. The Morgan fingerprint density at radius 3 is 2.68 bits per heavy atom. The third-order valence-corrected chi connectivity index (χ3v) is 3.84. The van der Waals surface area contributed by atoms with Gasteiger partial charge < -0.3 is 5.32 Å². The second-order valence-electron chi connectivity index (χ2n) is 5.39. The monoisotopic (exact) mass is 313 g/mol. The van der Waals surface area contributed by atoms with Crippen LogP contribution in [0.1, 0.15) is 27.3 Å². The normalized spacial score (nSPS) is 10.9. The Bertz CT molecular complexity index is 883. The topological polar surface area (TPSA) is 46.4 Å². The van der Waals surface area contributed by atoms with Crippen LogP contribution in [0.2, 0.25) is 5.02 Å². The lowest BCUT2D eigenvalue weighted by Gasteiger charge is -2.09. The molecule has 112 valence electrons. The maximum Gasteiger partial charge on any atom is 0.274 e. The molecule has 3 rings (SSSR count). The van der Waals surface area contributed by atoms with Gasteiger partial charge in [-0.1, -0.05) is 11.6 Å². The van der Waals surface area contributed by atoms with Crippen molar-refractivity contribution in [1.29, 1.82) is 0 Å². The minimum atomic E-state index is -0.181. The molecule has 0 saturated heterocycles. The first-order valence-electron chi connectivity index (χ1n) is 6.98. The van der Waals surface area contributed by atoms with Crippen LogP contribution in [0.15, 0.2) is 36.5 Å².